The Morgan fingerprint density at radius 2 is 1.88 bits per heavy atom. The molecule has 0 aliphatic rings. The third kappa shape index (κ3) is 5.90. The quantitative estimate of drug-likeness (QED) is 0.811. The summed E-state index contributed by atoms with van der Waals surface area (Å²) in [6.45, 7) is 9.54. The highest BCUT2D eigenvalue weighted by Gasteiger charge is 2.17. The second-order valence-electron chi connectivity index (χ2n) is 6.71. The highest BCUT2D eigenvalue weighted by molar-refractivity contribution is 7.99. The van der Waals surface area contributed by atoms with Gasteiger partial charge in [-0.25, -0.2) is 4.79 Å². The van der Waals surface area contributed by atoms with Crippen LogP contribution in [0.3, 0.4) is 0 Å². The summed E-state index contributed by atoms with van der Waals surface area (Å²) < 4.78 is 5.56. The number of hydrogen-bond acceptors (Lipinski definition) is 6. The van der Waals surface area contributed by atoms with Crippen molar-refractivity contribution in [3.63, 3.8) is 0 Å². The van der Waals surface area contributed by atoms with Crippen LogP contribution in [0.2, 0.25) is 0 Å². The Morgan fingerprint density at radius 3 is 2.52 bits per heavy atom. The van der Waals surface area contributed by atoms with Crippen molar-refractivity contribution in [3.05, 3.63) is 29.3 Å². The molecule has 7 nitrogen and oxygen atoms in total. The number of aromatic nitrogens is 2. The molecule has 1 aromatic carbocycles. The molecule has 0 spiro atoms. The molecular weight excluding hydrogens is 340 g/mol. The molecule has 0 atom stereocenters. The number of thioether (sulfide) groups is 1. The lowest BCUT2D eigenvalue weighted by Crippen LogP contribution is -2.48. The van der Waals surface area contributed by atoms with Crippen molar-refractivity contribution >= 4 is 23.7 Å². The van der Waals surface area contributed by atoms with E-state index in [9.17, 15) is 9.59 Å². The van der Waals surface area contributed by atoms with Crippen molar-refractivity contribution in [3.8, 4) is 11.5 Å². The Morgan fingerprint density at radius 1 is 1.16 bits per heavy atom. The lowest BCUT2D eigenvalue weighted by atomic mass is 10.1. The van der Waals surface area contributed by atoms with Gasteiger partial charge < -0.3 is 9.73 Å². The van der Waals surface area contributed by atoms with Crippen LogP contribution in [0.5, 0.6) is 0 Å². The van der Waals surface area contributed by atoms with Gasteiger partial charge in [-0.2, -0.15) is 0 Å². The maximum atomic E-state index is 11.8. The predicted octanol–water partition coefficient (Wildman–Crippen LogP) is 3.07. The molecule has 0 saturated heterocycles. The van der Waals surface area contributed by atoms with Crippen molar-refractivity contribution in [2.24, 2.45) is 0 Å². The second kappa shape index (κ2) is 7.69. The van der Waals surface area contributed by atoms with Crippen molar-refractivity contribution in [2.75, 3.05) is 5.75 Å². The van der Waals surface area contributed by atoms with Gasteiger partial charge in [0, 0.05) is 11.1 Å². The van der Waals surface area contributed by atoms with Crippen LogP contribution in [0.25, 0.3) is 11.5 Å². The van der Waals surface area contributed by atoms with Gasteiger partial charge >= 0.3 is 6.03 Å². The highest BCUT2D eigenvalue weighted by Crippen LogP contribution is 2.24. The fraction of sp³-hybridized carbons (Fsp3) is 0.412. The van der Waals surface area contributed by atoms with Gasteiger partial charge in [0.25, 0.3) is 5.22 Å². The zero-order valence-electron chi connectivity index (χ0n) is 15.0. The first-order chi connectivity index (χ1) is 11.6. The summed E-state index contributed by atoms with van der Waals surface area (Å²) in [5.41, 5.74) is 2.74. The van der Waals surface area contributed by atoms with Crippen molar-refractivity contribution in [1.29, 1.82) is 0 Å². The number of carbonyl (C=O) groups is 2. The SMILES string of the molecule is Cc1ccc(-c2nnc(SCC(=O)NC(=O)NC(C)(C)C)o2)cc1C. The summed E-state index contributed by atoms with van der Waals surface area (Å²) in [4.78, 5) is 23.4. The maximum Gasteiger partial charge on any atom is 0.321 e. The van der Waals surface area contributed by atoms with E-state index >= 15 is 0 Å². The molecule has 2 N–H and O–H groups in total. The lowest BCUT2D eigenvalue weighted by Gasteiger charge is -2.20. The first-order valence-electron chi connectivity index (χ1n) is 7.80. The van der Waals surface area contributed by atoms with Crippen LogP contribution in [0.1, 0.15) is 31.9 Å². The Hall–Kier alpha value is -2.35. The molecule has 0 saturated carbocycles. The van der Waals surface area contributed by atoms with Gasteiger partial charge in [-0.3, -0.25) is 10.1 Å². The van der Waals surface area contributed by atoms with Crippen LogP contribution in [0.15, 0.2) is 27.8 Å². The Bertz CT molecular complexity index is 780. The van der Waals surface area contributed by atoms with Crippen LogP contribution < -0.4 is 10.6 Å². The summed E-state index contributed by atoms with van der Waals surface area (Å²) in [6.07, 6.45) is 0. The summed E-state index contributed by atoms with van der Waals surface area (Å²) in [7, 11) is 0. The molecule has 2 aromatic rings. The van der Waals surface area contributed by atoms with Gasteiger partial charge in [0.1, 0.15) is 0 Å². The molecule has 0 aliphatic heterocycles. The molecule has 8 heteroatoms. The second-order valence-corrected chi connectivity index (χ2v) is 7.64. The summed E-state index contributed by atoms with van der Waals surface area (Å²) in [6, 6.07) is 5.34. The fourth-order valence-electron chi connectivity index (χ4n) is 1.92. The van der Waals surface area contributed by atoms with E-state index in [0.29, 0.717) is 5.89 Å². The molecule has 0 unspecified atom stereocenters. The first-order valence-corrected chi connectivity index (χ1v) is 8.78. The molecule has 134 valence electrons. The van der Waals surface area contributed by atoms with Crippen molar-refractivity contribution in [1.82, 2.24) is 20.8 Å². The van der Waals surface area contributed by atoms with E-state index in [-0.39, 0.29) is 11.0 Å². The van der Waals surface area contributed by atoms with Crippen LogP contribution in [-0.4, -0.2) is 33.4 Å². The monoisotopic (exact) mass is 362 g/mol. The van der Waals surface area contributed by atoms with Gasteiger partial charge in [0.05, 0.1) is 5.75 Å². The number of nitrogens with zero attached hydrogens (tertiary/aromatic N) is 2. The largest absolute Gasteiger partial charge is 0.411 e. The topological polar surface area (TPSA) is 97.1 Å². The zero-order valence-corrected chi connectivity index (χ0v) is 15.8. The lowest BCUT2D eigenvalue weighted by molar-refractivity contribution is -0.117. The number of nitrogens with one attached hydrogen (secondary N) is 2. The zero-order chi connectivity index (χ0) is 18.6. The van der Waals surface area contributed by atoms with E-state index in [2.05, 4.69) is 20.8 Å². The van der Waals surface area contributed by atoms with Crippen molar-refractivity contribution in [2.45, 2.75) is 45.4 Å². The van der Waals surface area contributed by atoms with Crippen LogP contribution in [0.4, 0.5) is 4.79 Å². The summed E-state index contributed by atoms with van der Waals surface area (Å²) in [5.74, 6) is -0.0271. The molecule has 1 heterocycles. The minimum Gasteiger partial charge on any atom is -0.411 e. The van der Waals surface area contributed by atoms with Gasteiger partial charge in [-0.1, -0.05) is 17.8 Å². The molecule has 2 rings (SSSR count). The first kappa shape index (κ1) is 19.0. The third-order valence-electron chi connectivity index (χ3n) is 3.23. The molecule has 25 heavy (non-hydrogen) atoms. The number of benzene rings is 1. The van der Waals surface area contributed by atoms with Crippen LogP contribution >= 0.6 is 11.8 Å². The van der Waals surface area contributed by atoms with Gasteiger partial charge in [-0.05, 0) is 57.9 Å². The number of aryl methyl sites for hydroxylation is 2. The van der Waals surface area contributed by atoms with E-state index in [1.54, 1.807) is 0 Å². The smallest absolute Gasteiger partial charge is 0.321 e. The average molecular weight is 362 g/mol. The molecule has 0 bridgehead atoms. The maximum absolute atomic E-state index is 11.8. The van der Waals surface area contributed by atoms with Crippen molar-refractivity contribution < 1.29 is 14.0 Å². The van der Waals surface area contributed by atoms with Gasteiger partial charge in [-0.15, -0.1) is 10.2 Å². The fourth-order valence-corrected chi connectivity index (χ4v) is 2.48. The normalized spacial score (nSPS) is 11.2. The van der Waals surface area contributed by atoms with E-state index in [4.69, 9.17) is 4.42 Å². The molecule has 3 amide bonds. The summed E-state index contributed by atoms with van der Waals surface area (Å²) >= 11 is 1.08. The number of amides is 3. The van der Waals surface area contributed by atoms with E-state index in [1.807, 2.05) is 52.8 Å². The Balaban J connectivity index is 1.90. The van der Waals surface area contributed by atoms with E-state index in [0.717, 1.165) is 22.9 Å². The third-order valence-corrected chi connectivity index (χ3v) is 4.05. The minimum absolute atomic E-state index is 0.00607. The van der Waals surface area contributed by atoms with Gasteiger partial charge in [0.2, 0.25) is 11.8 Å². The van der Waals surface area contributed by atoms with E-state index < -0.39 is 17.5 Å². The minimum atomic E-state index is -0.528. The molecular formula is C17H22N4O3S. The number of hydrogen-bond donors (Lipinski definition) is 2. The number of carbonyl (C=O) groups excluding carboxylic acids is 2. The molecule has 1 aromatic heterocycles. The number of imide groups is 1. The number of urea groups is 1. The molecule has 0 aliphatic carbocycles. The summed E-state index contributed by atoms with van der Waals surface area (Å²) in [5, 5.41) is 13.1. The standard InChI is InChI=1S/C17H22N4O3S/c1-10-6-7-12(8-11(10)2)14-20-21-16(24-14)25-9-13(22)18-15(23)19-17(3,4)5/h6-8H,9H2,1-5H3,(H2,18,19,22,23). The predicted molar refractivity (Wildman–Crippen MR) is 96.4 cm³/mol. The van der Waals surface area contributed by atoms with E-state index in [1.165, 1.54) is 5.56 Å². The molecule has 0 radical (unpaired) electrons. The Kier molecular flexibility index (Phi) is 5.84. The van der Waals surface area contributed by atoms with Crippen LogP contribution in [0, 0.1) is 13.8 Å². The van der Waals surface area contributed by atoms with Crippen LogP contribution in [-0.2, 0) is 4.79 Å². The number of rotatable bonds is 4. The highest BCUT2D eigenvalue weighted by atomic mass is 32.2. The Labute approximate surface area is 151 Å². The molecule has 0 fully saturated rings. The average Bonchev–Trinajstić information content (AvgIpc) is 2.95. The van der Waals surface area contributed by atoms with Gasteiger partial charge in [0.15, 0.2) is 0 Å².